The predicted octanol–water partition coefficient (Wildman–Crippen LogP) is 0.178. The van der Waals surface area contributed by atoms with Crippen LogP contribution in [0.4, 0.5) is 0 Å². The minimum absolute atomic E-state index is 0.0284. The van der Waals surface area contributed by atoms with Gasteiger partial charge in [0.15, 0.2) is 18.0 Å². The van der Waals surface area contributed by atoms with E-state index in [1.54, 1.807) is 14.2 Å². The molecule has 144 valence electrons. The Morgan fingerprint density at radius 3 is 2.69 bits per heavy atom. The molecular weight excluding hydrogens is 336 g/mol. The molecule has 1 saturated heterocycles. The number of ether oxygens (including phenoxy) is 3. The minimum atomic E-state index is -0.143. The van der Waals surface area contributed by atoms with Gasteiger partial charge in [-0.1, -0.05) is 6.07 Å². The van der Waals surface area contributed by atoms with Crippen LogP contribution in [0.1, 0.15) is 25.3 Å². The number of esters is 1. The lowest BCUT2D eigenvalue weighted by Crippen LogP contribution is -3.14. The largest absolute Gasteiger partial charge is 0.493 e. The van der Waals surface area contributed by atoms with Crippen molar-refractivity contribution in [2.24, 2.45) is 5.92 Å². The summed E-state index contributed by atoms with van der Waals surface area (Å²) in [6.45, 7) is 4.56. The lowest BCUT2D eigenvalue weighted by Gasteiger charge is -2.28. The highest BCUT2D eigenvalue weighted by Gasteiger charge is 2.30. The third-order valence-corrected chi connectivity index (χ3v) is 4.59. The zero-order valence-electron chi connectivity index (χ0n) is 15.8. The summed E-state index contributed by atoms with van der Waals surface area (Å²) in [6.07, 6.45) is 1.78. The van der Waals surface area contributed by atoms with E-state index in [4.69, 9.17) is 14.2 Å². The Morgan fingerprint density at radius 2 is 2.00 bits per heavy atom. The predicted molar refractivity (Wildman–Crippen MR) is 96.3 cm³/mol. The van der Waals surface area contributed by atoms with Crippen LogP contribution in [0, 0.1) is 5.92 Å². The van der Waals surface area contributed by atoms with Gasteiger partial charge in [-0.15, -0.1) is 0 Å². The Kier molecular flexibility index (Phi) is 7.72. The number of methoxy groups -OCH3 is 2. The molecule has 26 heavy (non-hydrogen) atoms. The van der Waals surface area contributed by atoms with Gasteiger partial charge < -0.3 is 24.4 Å². The number of amides is 1. The van der Waals surface area contributed by atoms with Crippen molar-refractivity contribution < 1.29 is 28.7 Å². The number of hydrogen-bond acceptors (Lipinski definition) is 5. The van der Waals surface area contributed by atoms with E-state index < -0.39 is 0 Å². The highest BCUT2D eigenvalue weighted by molar-refractivity contribution is 5.77. The Balaban J connectivity index is 1.82. The normalized spacial score (nSPS) is 19.5. The maximum Gasteiger partial charge on any atom is 0.314 e. The van der Waals surface area contributed by atoms with Gasteiger partial charge in [-0.05, 0) is 37.5 Å². The van der Waals surface area contributed by atoms with Crippen LogP contribution in [0.25, 0.3) is 0 Å². The van der Waals surface area contributed by atoms with Crippen molar-refractivity contribution in [2.75, 3.05) is 40.5 Å². The molecule has 0 bridgehead atoms. The van der Waals surface area contributed by atoms with E-state index >= 15 is 0 Å². The first-order valence-electron chi connectivity index (χ1n) is 9.05. The molecule has 0 radical (unpaired) electrons. The molecule has 1 heterocycles. The quantitative estimate of drug-likeness (QED) is 0.643. The molecule has 2 rings (SSSR count). The Labute approximate surface area is 154 Å². The van der Waals surface area contributed by atoms with Crippen molar-refractivity contribution in [1.82, 2.24) is 5.32 Å². The highest BCUT2D eigenvalue weighted by atomic mass is 16.5. The molecule has 0 saturated carbocycles. The monoisotopic (exact) mass is 365 g/mol. The van der Waals surface area contributed by atoms with Crippen molar-refractivity contribution in [3.63, 3.8) is 0 Å². The van der Waals surface area contributed by atoms with Gasteiger partial charge in [-0.3, -0.25) is 9.59 Å². The summed E-state index contributed by atoms with van der Waals surface area (Å²) in [5.74, 6) is 1.02. The average Bonchev–Trinajstić information content (AvgIpc) is 2.66. The molecule has 1 aliphatic heterocycles. The van der Waals surface area contributed by atoms with E-state index in [-0.39, 0.29) is 17.8 Å². The van der Waals surface area contributed by atoms with Gasteiger partial charge in [0.2, 0.25) is 0 Å². The summed E-state index contributed by atoms with van der Waals surface area (Å²) in [5.41, 5.74) is 0.939. The maximum atomic E-state index is 12.3. The maximum absolute atomic E-state index is 12.3. The third kappa shape index (κ3) is 5.62. The fourth-order valence-electron chi connectivity index (χ4n) is 3.25. The topological polar surface area (TPSA) is 78.3 Å². The number of carbonyl (C=O) groups excluding carboxylic acids is 2. The van der Waals surface area contributed by atoms with E-state index in [9.17, 15) is 9.59 Å². The van der Waals surface area contributed by atoms with Crippen LogP contribution < -0.4 is 19.7 Å². The first-order valence-corrected chi connectivity index (χ1v) is 9.05. The molecule has 1 aromatic carbocycles. The van der Waals surface area contributed by atoms with Gasteiger partial charge in [0.25, 0.3) is 5.91 Å². The van der Waals surface area contributed by atoms with Crippen LogP contribution >= 0.6 is 0 Å². The Morgan fingerprint density at radius 1 is 1.23 bits per heavy atom. The van der Waals surface area contributed by atoms with E-state index in [1.807, 2.05) is 25.1 Å². The third-order valence-electron chi connectivity index (χ3n) is 4.59. The van der Waals surface area contributed by atoms with Crippen molar-refractivity contribution in [1.29, 1.82) is 0 Å². The summed E-state index contributed by atoms with van der Waals surface area (Å²) in [4.78, 5) is 25.3. The number of nitrogens with one attached hydrogen (secondary N) is 2. The Bertz CT molecular complexity index is 620. The number of likely N-dealkylation sites (tertiary alicyclic amines) is 1. The van der Waals surface area contributed by atoms with E-state index in [1.165, 1.54) is 0 Å². The lowest BCUT2D eigenvalue weighted by molar-refractivity contribution is -0.899. The van der Waals surface area contributed by atoms with Crippen LogP contribution in [0.3, 0.4) is 0 Å². The zero-order valence-corrected chi connectivity index (χ0v) is 15.8. The first kappa shape index (κ1) is 20.0. The number of benzene rings is 1. The molecule has 7 nitrogen and oxygen atoms in total. The SMILES string of the molecule is CCOC(=O)[C@@H]1CCC[NH+](CC(=O)NCc2ccc(OC)c(OC)c2)C1. The smallest absolute Gasteiger partial charge is 0.314 e. The highest BCUT2D eigenvalue weighted by Crippen LogP contribution is 2.27. The molecular formula is C19H29N2O5+. The summed E-state index contributed by atoms with van der Waals surface area (Å²) in [6, 6.07) is 5.57. The van der Waals surface area contributed by atoms with Gasteiger partial charge >= 0.3 is 5.97 Å². The number of rotatable bonds is 8. The van der Waals surface area contributed by atoms with E-state index in [0.717, 1.165) is 29.8 Å². The number of hydrogen-bond donors (Lipinski definition) is 2. The Hall–Kier alpha value is -2.28. The van der Waals surface area contributed by atoms with Gasteiger partial charge in [-0.2, -0.15) is 0 Å². The van der Waals surface area contributed by atoms with Crippen LogP contribution in [-0.2, 0) is 20.9 Å². The molecule has 2 N–H and O–H groups in total. The van der Waals surface area contributed by atoms with Crippen LogP contribution in [0.5, 0.6) is 11.5 Å². The molecule has 1 aromatic rings. The number of piperidine rings is 1. The molecule has 1 amide bonds. The molecule has 0 aliphatic carbocycles. The molecule has 1 aliphatic rings. The molecule has 0 spiro atoms. The second-order valence-corrected chi connectivity index (χ2v) is 6.44. The summed E-state index contributed by atoms with van der Waals surface area (Å²) in [5, 5.41) is 2.93. The summed E-state index contributed by atoms with van der Waals surface area (Å²) in [7, 11) is 3.17. The molecule has 2 atom stereocenters. The molecule has 1 fully saturated rings. The van der Waals surface area contributed by atoms with Crippen molar-refractivity contribution >= 4 is 11.9 Å². The minimum Gasteiger partial charge on any atom is -0.493 e. The van der Waals surface area contributed by atoms with E-state index in [0.29, 0.717) is 37.7 Å². The second kappa shape index (κ2) is 10.0. The van der Waals surface area contributed by atoms with Crippen LogP contribution in [0.15, 0.2) is 18.2 Å². The van der Waals surface area contributed by atoms with Crippen molar-refractivity contribution in [3.05, 3.63) is 23.8 Å². The zero-order chi connectivity index (χ0) is 18.9. The summed E-state index contributed by atoms with van der Waals surface area (Å²) >= 11 is 0. The lowest BCUT2D eigenvalue weighted by atomic mass is 9.98. The summed E-state index contributed by atoms with van der Waals surface area (Å²) < 4.78 is 15.6. The first-order chi connectivity index (χ1) is 12.6. The second-order valence-electron chi connectivity index (χ2n) is 6.44. The molecule has 0 aromatic heterocycles. The van der Waals surface area contributed by atoms with Gasteiger partial charge in [0.05, 0.1) is 33.9 Å². The van der Waals surface area contributed by atoms with Gasteiger partial charge in [0, 0.05) is 6.54 Å². The van der Waals surface area contributed by atoms with Crippen LogP contribution in [-0.4, -0.2) is 52.3 Å². The number of quaternary nitrogens is 1. The fourth-order valence-corrected chi connectivity index (χ4v) is 3.25. The van der Waals surface area contributed by atoms with Gasteiger partial charge in [-0.25, -0.2) is 0 Å². The van der Waals surface area contributed by atoms with Crippen LogP contribution in [0.2, 0.25) is 0 Å². The molecule has 7 heteroatoms. The van der Waals surface area contributed by atoms with E-state index in [2.05, 4.69) is 5.32 Å². The van der Waals surface area contributed by atoms with Crippen molar-refractivity contribution in [2.45, 2.75) is 26.3 Å². The van der Waals surface area contributed by atoms with Crippen molar-refractivity contribution in [3.8, 4) is 11.5 Å². The molecule has 1 unspecified atom stereocenters. The number of carbonyl (C=O) groups is 2. The van der Waals surface area contributed by atoms with Gasteiger partial charge in [0.1, 0.15) is 5.92 Å². The average molecular weight is 365 g/mol. The standard InChI is InChI=1S/C19H28N2O5/c1-4-26-19(23)15-6-5-9-21(12-15)13-18(22)20-11-14-7-8-16(24-2)17(10-14)25-3/h7-8,10,15H,4-6,9,11-13H2,1-3H3,(H,20,22)/p+1/t15-/m1/s1. The fraction of sp³-hybridized carbons (Fsp3) is 0.579.